The predicted octanol–water partition coefficient (Wildman–Crippen LogP) is 5.53. The molecule has 0 aliphatic carbocycles. The van der Waals surface area contributed by atoms with Crippen molar-refractivity contribution < 1.29 is 5.21 Å². The minimum Gasteiger partial charge on any atom is -0.411 e. The molecule has 0 saturated carbocycles. The fraction of sp³-hybridized carbons (Fsp3) is 0.150. The lowest BCUT2D eigenvalue weighted by Crippen LogP contribution is -1.96. The number of hydrogen-bond acceptors (Lipinski definition) is 3. The first-order valence-electron chi connectivity index (χ1n) is 8.36. The second kappa shape index (κ2) is 8.05. The van der Waals surface area contributed by atoms with Crippen molar-refractivity contribution in [1.82, 2.24) is 9.97 Å². The zero-order chi connectivity index (χ0) is 19.6. The van der Waals surface area contributed by atoms with E-state index >= 15 is 0 Å². The Morgan fingerprint density at radius 3 is 2.11 bits per heavy atom. The lowest BCUT2D eigenvalue weighted by molar-refractivity contribution is 0.322. The van der Waals surface area contributed by atoms with Gasteiger partial charge in [-0.15, -0.1) is 0 Å². The van der Waals surface area contributed by atoms with Crippen molar-refractivity contribution in [3.8, 4) is 0 Å². The van der Waals surface area contributed by atoms with Crippen molar-refractivity contribution in [3.63, 3.8) is 0 Å². The number of nitrogens with two attached hydrogens (primary N) is 1. The molecule has 0 fully saturated rings. The second-order valence-corrected chi connectivity index (χ2v) is 7.09. The first kappa shape index (κ1) is 19.3. The Balaban J connectivity index is 0.000000156. The number of rotatable bonds is 2. The molecule has 0 atom stereocenters. The molecule has 0 spiro atoms. The number of benzene rings is 2. The van der Waals surface area contributed by atoms with Crippen molar-refractivity contribution in [2.45, 2.75) is 20.4 Å². The molecule has 4 rings (SSSR count). The summed E-state index contributed by atoms with van der Waals surface area (Å²) in [5.41, 5.74) is 11.8. The van der Waals surface area contributed by atoms with E-state index in [-0.39, 0.29) is 0 Å². The highest BCUT2D eigenvalue weighted by Gasteiger charge is 2.07. The maximum atomic E-state index is 8.51. The van der Waals surface area contributed by atoms with Gasteiger partial charge in [-0.05, 0) is 55.8 Å². The lowest BCUT2D eigenvalue weighted by atomic mass is 10.1. The van der Waals surface area contributed by atoms with Crippen molar-refractivity contribution >= 4 is 51.2 Å². The number of nitrogens with one attached hydrogen (secondary N) is 2. The molecule has 2 heterocycles. The standard InChI is InChI=1S/C10H9ClN2O.C10H11ClN2/c1-6-9(5-12-14)8-4-7(11)2-3-10(8)13-6;1-6-9(5-12)8-4-7(11)2-3-10(8)13-6/h2-5,13-14H,1H3;2-4,13H,5,12H2,1H3/b12-5+;. The summed E-state index contributed by atoms with van der Waals surface area (Å²) in [4.78, 5) is 6.44. The Labute approximate surface area is 166 Å². The van der Waals surface area contributed by atoms with Crippen molar-refractivity contribution in [3.05, 3.63) is 69.0 Å². The van der Waals surface area contributed by atoms with Crippen LogP contribution in [-0.2, 0) is 6.54 Å². The van der Waals surface area contributed by atoms with E-state index in [1.54, 1.807) is 0 Å². The molecule has 0 unspecified atom stereocenters. The van der Waals surface area contributed by atoms with Crippen LogP contribution in [0.5, 0.6) is 0 Å². The number of halogens is 2. The molecule has 0 saturated heterocycles. The molecule has 0 aliphatic heterocycles. The van der Waals surface area contributed by atoms with E-state index in [0.717, 1.165) is 49.3 Å². The summed E-state index contributed by atoms with van der Waals surface area (Å²) in [5.74, 6) is 0. The number of aromatic amines is 2. The minimum absolute atomic E-state index is 0.548. The summed E-state index contributed by atoms with van der Waals surface area (Å²) in [6.45, 7) is 4.49. The molecule has 0 aliphatic rings. The van der Waals surface area contributed by atoms with E-state index in [4.69, 9.17) is 34.1 Å². The van der Waals surface area contributed by atoms with Crippen LogP contribution < -0.4 is 5.73 Å². The number of aryl methyl sites for hydroxylation is 2. The van der Waals surface area contributed by atoms with Gasteiger partial charge in [0.25, 0.3) is 0 Å². The highest BCUT2D eigenvalue weighted by Crippen LogP contribution is 2.25. The molecule has 7 heteroatoms. The molecule has 0 amide bonds. The Morgan fingerprint density at radius 1 is 0.963 bits per heavy atom. The first-order valence-corrected chi connectivity index (χ1v) is 9.12. The highest BCUT2D eigenvalue weighted by atomic mass is 35.5. The van der Waals surface area contributed by atoms with Crippen molar-refractivity contribution in [2.24, 2.45) is 10.9 Å². The van der Waals surface area contributed by atoms with Crippen LogP contribution in [0.4, 0.5) is 0 Å². The zero-order valence-corrected chi connectivity index (χ0v) is 16.5. The molecular weight excluding hydrogens is 383 g/mol. The van der Waals surface area contributed by atoms with Crippen LogP contribution >= 0.6 is 23.2 Å². The van der Waals surface area contributed by atoms with E-state index in [1.807, 2.05) is 50.2 Å². The van der Waals surface area contributed by atoms with Crippen LogP contribution in [0.3, 0.4) is 0 Å². The van der Waals surface area contributed by atoms with Gasteiger partial charge in [0.1, 0.15) is 0 Å². The summed E-state index contributed by atoms with van der Waals surface area (Å²) < 4.78 is 0. The van der Waals surface area contributed by atoms with Gasteiger partial charge in [-0.2, -0.15) is 0 Å². The lowest BCUT2D eigenvalue weighted by Gasteiger charge is -1.95. The third-order valence-corrected chi connectivity index (χ3v) is 4.94. The van der Waals surface area contributed by atoms with Gasteiger partial charge in [0.15, 0.2) is 0 Å². The third kappa shape index (κ3) is 3.95. The number of hydrogen-bond donors (Lipinski definition) is 4. The van der Waals surface area contributed by atoms with Gasteiger partial charge in [0.2, 0.25) is 0 Å². The Morgan fingerprint density at radius 2 is 1.52 bits per heavy atom. The van der Waals surface area contributed by atoms with E-state index in [0.29, 0.717) is 11.6 Å². The quantitative estimate of drug-likeness (QED) is 0.201. The van der Waals surface area contributed by atoms with Crippen LogP contribution in [0, 0.1) is 13.8 Å². The Kier molecular flexibility index (Phi) is 5.75. The summed E-state index contributed by atoms with van der Waals surface area (Å²) in [6.07, 6.45) is 1.41. The van der Waals surface area contributed by atoms with Gasteiger partial charge < -0.3 is 20.9 Å². The molecule has 2 aromatic heterocycles. The number of fused-ring (bicyclic) bond motifs is 2. The van der Waals surface area contributed by atoms with E-state index in [1.165, 1.54) is 6.21 Å². The Bertz CT molecular complexity index is 1130. The van der Waals surface area contributed by atoms with Crippen molar-refractivity contribution in [1.29, 1.82) is 0 Å². The van der Waals surface area contributed by atoms with Gasteiger partial charge in [-0.25, -0.2) is 0 Å². The average molecular weight is 403 g/mol. The monoisotopic (exact) mass is 402 g/mol. The average Bonchev–Trinajstić information content (AvgIpc) is 3.11. The summed E-state index contributed by atoms with van der Waals surface area (Å²) >= 11 is 11.8. The van der Waals surface area contributed by atoms with Gasteiger partial charge in [-0.3, -0.25) is 0 Å². The molecule has 5 nitrogen and oxygen atoms in total. The third-order valence-electron chi connectivity index (χ3n) is 4.47. The van der Waals surface area contributed by atoms with Gasteiger partial charge in [-0.1, -0.05) is 28.4 Å². The smallest absolute Gasteiger partial charge is 0.0758 e. The molecule has 5 N–H and O–H groups in total. The van der Waals surface area contributed by atoms with Crippen molar-refractivity contribution in [2.75, 3.05) is 0 Å². The number of oxime groups is 1. The van der Waals surface area contributed by atoms with Gasteiger partial charge in [0.05, 0.1) is 6.21 Å². The number of nitrogens with zero attached hydrogens (tertiary/aromatic N) is 1. The second-order valence-electron chi connectivity index (χ2n) is 6.22. The predicted molar refractivity (Wildman–Crippen MR) is 113 cm³/mol. The summed E-state index contributed by atoms with van der Waals surface area (Å²) in [7, 11) is 0. The molecular formula is C20H20Cl2N4O. The van der Waals surface area contributed by atoms with E-state index in [2.05, 4.69) is 15.1 Å². The van der Waals surface area contributed by atoms with Gasteiger partial charge >= 0.3 is 0 Å². The molecule has 27 heavy (non-hydrogen) atoms. The molecule has 0 bridgehead atoms. The Hall–Kier alpha value is -2.47. The molecule has 2 aromatic carbocycles. The van der Waals surface area contributed by atoms with E-state index in [9.17, 15) is 0 Å². The van der Waals surface area contributed by atoms with Crippen LogP contribution in [0.25, 0.3) is 21.8 Å². The fourth-order valence-electron chi connectivity index (χ4n) is 3.16. The van der Waals surface area contributed by atoms with Crippen LogP contribution in [-0.4, -0.2) is 21.4 Å². The largest absolute Gasteiger partial charge is 0.411 e. The first-order chi connectivity index (χ1) is 12.9. The molecule has 4 aromatic rings. The zero-order valence-electron chi connectivity index (χ0n) is 15.0. The van der Waals surface area contributed by atoms with Crippen LogP contribution in [0.2, 0.25) is 10.0 Å². The number of H-pyrrole nitrogens is 2. The summed E-state index contributed by atoms with van der Waals surface area (Å²) in [5, 5.41) is 15.1. The molecule has 140 valence electrons. The number of aromatic nitrogens is 2. The SMILES string of the molecule is Cc1[nH]c2ccc(Cl)cc2c1/C=N/O.Cc1[nH]c2ccc(Cl)cc2c1CN. The topological polar surface area (TPSA) is 90.2 Å². The van der Waals surface area contributed by atoms with Crippen LogP contribution in [0.1, 0.15) is 22.5 Å². The minimum atomic E-state index is 0.548. The van der Waals surface area contributed by atoms with E-state index < -0.39 is 0 Å². The molecule has 0 radical (unpaired) electrons. The highest BCUT2D eigenvalue weighted by molar-refractivity contribution is 6.31. The summed E-state index contributed by atoms with van der Waals surface area (Å²) in [6, 6.07) is 11.4. The van der Waals surface area contributed by atoms with Crippen LogP contribution in [0.15, 0.2) is 41.6 Å². The maximum Gasteiger partial charge on any atom is 0.0758 e. The van der Waals surface area contributed by atoms with Gasteiger partial charge in [0, 0.05) is 55.3 Å². The maximum absolute atomic E-state index is 8.51. The fourth-order valence-corrected chi connectivity index (χ4v) is 3.51. The normalized spacial score (nSPS) is 11.3.